The molecule has 27 heavy (non-hydrogen) atoms. The maximum Gasteiger partial charge on any atom is 0.240 e. The summed E-state index contributed by atoms with van der Waals surface area (Å²) in [6.45, 7) is 3.26. The van der Waals surface area contributed by atoms with Gasteiger partial charge in [0.25, 0.3) is 0 Å². The lowest BCUT2D eigenvalue weighted by Gasteiger charge is -2.52. The third kappa shape index (κ3) is 3.36. The van der Waals surface area contributed by atoms with Crippen LogP contribution in [0.1, 0.15) is 36.8 Å². The second-order valence-corrected chi connectivity index (χ2v) is 8.52. The van der Waals surface area contributed by atoms with Crippen LogP contribution >= 0.6 is 12.4 Å². The summed E-state index contributed by atoms with van der Waals surface area (Å²) in [5, 5.41) is 3.45. The van der Waals surface area contributed by atoms with Crippen molar-refractivity contribution in [3.63, 3.8) is 0 Å². The van der Waals surface area contributed by atoms with E-state index >= 15 is 0 Å². The number of fused-ring (bicyclic) bond motifs is 5. The van der Waals surface area contributed by atoms with Gasteiger partial charge in [0.15, 0.2) is 0 Å². The van der Waals surface area contributed by atoms with E-state index in [9.17, 15) is 9.59 Å². The predicted octanol–water partition coefficient (Wildman–Crippen LogP) is 1.98. The molecule has 5 rings (SSSR count). The first-order valence-electron chi connectivity index (χ1n) is 10.1. The minimum Gasteiger partial charge on any atom is -0.341 e. The minimum atomic E-state index is -0.104. The van der Waals surface area contributed by atoms with Gasteiger partial charge in [-0.2, -0.15) is 0 Å². The summed E-state index contributed by atoms with van der Waals surface area (Å²) >= 11 is 0. The highest BCUT2D eigenvalue weighted by molar-refractivity contribution is 5.85. The lowest BCUT2D eigenvalue weighted by atomic mass is 9.75. The Morgan fingerprint density at radius 3 is 2.78 bits per heavy atom. The Balaban J connectivity index is 0.00000180. The van der Waals surface area contributed by atoms with E-state index in [0.717, 1.165) is 45.4 Å². The Labute approximate surface area is 166 Å². The van der Waals surface area contributed by atoms with E-state index in [-0.39, 0.29) is 24.4 Å². The molecule has 4 aliphatic heterocycles. The van der Waals surface area contributed by atoms with Crippen molar-refractivity contribution in [3.8, 4) is 0 Å². The molecule has 1 aromatic rings. The molecule has 0 spiro atoms. The highest BCUT2D eigenvalue weighted by atomic mass is 35.5. The number of nitrogens with zero attached hydrogens (tertiary/aromatic N) is 2. The van der Waals surface area contributed by atoms with Crippen molar-refractivity contribution in [2.45, 2.75) is 50.7 Å². The molecule has 0 radical (unpaired) electrons. The summed E-state index contributed by atoms with van der Waals surface area (Å²) in [6, 6.07) is 8.67. The van der Waals surface area contributed by atoms with Crippen molar-refractivity contribution in [2.75, 3.05) is 19.6 Å². The molecular weight excluding hydrogens is 362 g/mol. The van der Waals surface area contributed by atoms with Crippen molar-refractivity contribution in [1.82, 2.24) is 15.1 Å². The molecule has 0 aliphatic carbocycles. The Morgan fingerprint density at radius 2 is 1.93 bits per heavy atom. The summed E-state index contributed by atoms with van der Waals surface area (Å²) in [4.78, 5) is 29.7. The number of carbonyl (C=O) groups is 2. The number of nitrogens with one attached hydrogen (secondary N) is 1. The number of halogens is 1. The molecule has 3 saturated heterocycles. The van der Waals surface area contributed by atoms with Gasteiger partial charge in [0.1, 0.15) is 0 Å². The highest BCUT2D eigenvalue weighted by Gasteiger charge is 2.45. The maximum absolute atomic E-state index is 13.2. The first kappa shape index (κ1) is 18.8. The Hall–Kier alpha value is -1.59. The average molecular weight is 390 g/mol. The van der Waals surface area contributed by atoms with Gasteiger partial charge in [0, 0.05) is 38.6 Å². The molecule has 2 amide bonds. The second kappa shape index (κ2) is 7.44. The maximum atomic E-state index is 13.2. The number of hydrogen-bond acceptors (Lipinski definition) is 3. The summed E-state index contributed by atoms with van der Waals surface area (Å²) in [5.41, 5.74) is 2.61. The van der Waals surface area contributed by atoms with Gasteiger partial charge in [-0.25, -0.2) is 0 Å². The lowest BCUT2D eigenvalue weighted by molar-refractivity contribution is -0.149. The Bertz CT molecular complexity index is 740. The molecule has 146 valence electrons. The molecule has 6 heteroatoms. The summed E-state index contributed by atoms with van der Waals surface area (Å²) in [5.74, 6) is 1.50. The topological polar surface area (TPSA) is 52.7 Å². The van der Waals surface area contributed by atoms with Crippen molar-refractivity contribution in [1.29, 1.82) is 0 Å². The molecule has 2 bridgehead atoms. The standard InChI is InChI=1S/C21H27N3O2.ClH/c25-20-7-3-6-19-17-8-14(12-24(19)20)11-23(13-17)21(26)18-9-15-4-1-2-5-16(15)10-22-18;/h1-2,4-5,14,17-19,22H,3,6-13H2;1H/t14?,17?,18-,19+;/m1./s1. The van der Waals surface area contributed by atoms with Gasteiger partial charge in [0.05, 0.1) is 6.04 Å². The number of piperidine rings is 3. The van der Waals surface area contributed by atoms with Gasteiger partial charge >= 0.3 is 0 Å². The van der Waals surface area contributed by atoms with Crippen molar-refractivity contribution in [3.05, 3.63) is 35.4 Å². The molecule has 4 aliphatic rings. The van der Waals surface area contributed by atoms with Crippen LogP contribution in [0.4, 0.5) is 0 Å². The summed E-state index contributed by atoms with van der Waals surface area (Å²) in [7, 11) is 0. The zero-order valence-electron chi connectivity index (χ0n) is 15.6. The zero-order chi connectivity index (χ0) is 17.7. The molecular formula is C21H28ClN3O2. The van der Waals surface area contributed by atoms with Crippen LogP contribution in [0, 0.1) is 11.8 Å². The third-order valence-electron chi connectivity index (χ3n) is 6.87. The van der Waals surface area contributed by atoms with Crippen LogP contribution in [0.5, 0.6) is 0 Å². The Morgan fingerprint density at radius 1 is 1.11 bits per heavy atom. The summed E-state index contributed by atoms with van der Waals surface area (Å²) in [6.07, 6.45) is 4.80. The number of rotatable bonds is 1. The fourth-order valence-corrected chi connectivity index (χ4v) is 5.64. The zero-order valence-corrected chi connectivity index (χ0v) is 16.4. The molecule has 0 saturated carbocycles. The number of carbonyl (C=O) groups excluding carboxylic acids is 2. The van der Waals surface area contributed by atoms with Gasteiger partial charge in [-0.15, -0.1) is 12.4 Å². The van der Waals surface area contributed by atoms with Crippen LogP contribution in [-0.4, -0.2) is 53.3 Å². The highest BCUT2D eigenvalue weighted by Crippen LogP contribution is 2.38. The van der Waals surface area contributed by atoms with E-state index in [1.165, 1.54) is 17.5 Å². The van der Waals surface area contributed by atoms with Crippen molar-refractivity contribution in [2.24, 2.45) is 11.8 Å². The van der Waals surface area contributed by atoms with Gasteiger partial charge < -0.3 is 15.1 Å². The number of benzene rings is 1. The number of amides is 2. The van der Waals surface area contributed by atoms with Gasteiger partial charge in [0.2, 0.25) is 11.8 Å². The van der Waals surface area contributed by atoms with Crippen molar-refractivity contribution >= 4 is 24.2 Å². The molecule has 0 aromatic heterocycles. The van der Waals surface area contributed by atoms with Crippen LogP contribution in [0.25, 0.3) is 0 Å². The predicted molar refractivity (Wildman–Crippen MR) is 106 cm³/mol. The fraction of sp³-hybridized carbons (Fsp3) is 0.619. The number of likely N-dealkylation sites (tertiary alicyclic amines) is 1. The molecule has 5 nitrogen and oxygen atoms in total. The minimum absolute atomic E-state index is 0. The quantitative estimate of drug-likeness (QED) is 0.799. The van der Waals surface area contributed by atoms with Gasteiger partial charge in [-0.1, -0.05) is 24.3 Å². The van der Waals surface area contributed by atoms with Crippen LogP contribution in [0.2, 0.25) is 0 Å². The monoisotopic (exact) mass is 389 g/mol. The van der Waals surface area contributed by atoms with Crippen LogP contribution < -0.4 is 5.32 Å². The molecule has 4 heterocycles. The average Bonchev–Trinajstić information content (AvgIpc) is 2.68. The first-order valence-corrected chi connectivity index (χ1v) is 10.1. The van der Waals surface area contributed by atoms with E-state index in [4.69, 9.17) is 0 Å². The van der Waals surface area contributed by atoms with E-state index in [0.29, 0.717) is 30.2 Å². The van der Waals surface area contributed by atoms with E-state index < -0.39 is 0 Å². The molecule has 3 fully saturated rings. The second-order valence-electron chi connectivity index (χ2n) is 8.52. The van der Waals surface area contributed by atoms with E-state index in [2.05, 4.69) is 39.4 Å². The SMILES string of the molecule is Cl.O=C([C@H]1Cc2ccccc2CN1)N1CC2CC(C1)[C@@H]1CCCC(=O)N1C2. The van der Waals surface area contributed by atoms with E-state index in [1.807, 2.05) is 0 Å². The third-order valence-corrected chi connectivity index (χ3v) is 6.87. The Kier molecular flexibility index (Phi) is 5.17. The van der Waals surface area contributed by atoms with Gasteiger partial charge in [-0.3, -0.25) is 9.59 Å². The largest absolute Gasteiger partial charge is 0.341 e. The van der Waals surface area contributed by atoms with E-state index in [1.54, 1.807) is 0 Å². The lowest BCUT2D eigenvalue weighted by Crippen LogP contribution is -2.63. The first-order chi connectivity index (χ1) is 12.7. The van der Waals surface area contributed by atoms with Gasteiger partial charge in [-0.05, 0) is 48.6 Å². The number of hydrogen-bond donors (Lipinski definition) is 1. The molecule has 2 unspecified atom stereocenters. The molecule has 1 N–H and O–H groups in total. The molecule has 1 aromatic carbocycles. The van der Waals surface area contributed by atoms with Crippen molar-refractivity contribution < 1.29 is 9.59 Å². The normalized spacial score (nSPS) is 32.2. The summed E-state index contributed by atoms with van der Waals surface area (Å²) < 4.78 is 0. The smallest absolute Gasteiger partial charge is 0.240 e. The van der Waals surface area contributed by atoms with Crippen LogP contribution in [0.15, 0.2) is 24.3 Å². The van der Waals surface area contributed by atoms with Crippen LogP contribution in [-0.2, 0) is 22.6 Å². The molecule has 4 atom stereocenters. The van der Waals surface area contributed by atoms with Crippen LogP contribution in [0.3, 0.4) is 0 Å². The fourth-order valence-electron chi connectivity index (χ4n) is 5.64.